The minimum atomic E-state index is -0.544. The monoisotopic (exact) mass is 390 g/mol. The van der Waals surface area contributed by atoms with Gasteiger partial charge in [0.05, 0.1) is 5.41 Å². The predicted octanol–water partition coefficient (Wildman–Crippen LogP) is 4.42. The molecule has 4 rings (SSSR count). The number of ether oxygens (including phenoxy) is 2. The minimum absolute atomic E-state index is 0.0671. The fourth-order valence-corrected chi connectivity index (χ4v) is 8.08. The highest BCUT2D eigenvalue weighted by Crippen LogP contribution is 2.73. The van der Waals surface area contributed by atoms with E-state index in [0.29, 0.717) is 11.7 Å². The molecule has 4 aliphatic carbocycles. The van der Waals surface area contributed by atoms with Crippen LogP contribution in [0.1, 0.15) is 85.5 Å². The first-order valence-corrected chi connectivity index (χ1v) is 10.9. The quantitative estimate of drug-likeness (QED) is 0.527. The number of carbonyl (C=O) groups is 3. The van der Waals surface area contributed by atoms with Crippen LogP contribution in [0.4, 0.5) is 0 Å². The van der Waals surface area contributed by atoms with E-state index < -0.39 is 11.4 Å². The molecule has 28 heavy (non-hydrogen) atoms. The summed E-state index contributed by atoms with van der Waals surface area (Å²) < 4.78 is 10.2. The lowest BCUT2D eigenvalue weighted by atomic mass is 9.40. The molecule has 0 N–H and O–H groups in total. The van der Waals surface area contributed by atoms with Crippen molar-refractivity contribution in [3.63, 3.8) is 0 Å². The second-order valence-corrected chi connectivity index (χ2v) is 10.8. The first kappa shape index (κ1) is 19.9. The van der Waals surface area contributed by atoms with Crippen molar-refractivity contribution in [1.29, 1.82) is 0 Å². The van der Waals surface area contributed by atoms with Crippen molar-refractivity contribution < 1.29 is 23.9 Å². The van der Waals surface area contributed by atoms with E-state index in [-0.39, 0.29) is 34.9 Å². The Morgan fingerprint density at radius 2 is 1.71 bits per heavy atom. The van der Waals surface area contributed by atoms with Gasteiger partial charge in [0.2, 0.25) is 6.79 Å². The molecular weight excluding hydrogens is 356 g/mol. The van der Waals surface area contributed by atoms with E-state index >= 15 is 0 Å². The van der Waals surface area contributed by atoms with Gasteiger partial charge in [0.15, 0.2) is 0 Å². The SMILES string of the molecule is CC(=O)OCOC(=O)[C@]1(C)CCC[C@@]2(C)[C@@H]3CC[C@@]4(C)CC3(CC[C@@H]21)CC4=O. The lowest BCUT2D eigenvalue weighted by Gasteiger charge is -2.63. The fourth-order valence-electron chi connectivity index (χ4n) is 8.08. The number of esters is 2. The Hall–Kier alpha value is -1.39. The van der Waals surface area contributed by atoms with Gasteiger partial charge in [-0.2, -0.15) is 0 Å². The van der Waals surface area contributed by atoms with E-state index in [9.17, 15) is 14.4 Å². The largest absolute Gasteiger partial charge is 0.428 e. The van der Waals surface area contributed by atoms with Gasteiger partial charge in [-0.3, -0.25) is 14.4 Å². The molecule has 0 aromatic rings. The average Bonchev–Trinajstić information content (AvgIpc) is 2.78. The molecule has 0 aromatic heterocycles. The number of hydrogen-bond donors (Lipinski definition) is 0. The van der Waals surface area contributed by atoms with E-state index in [0.717, 1.165) is 57.8 Å². The Balaban J connectivity index is 1.59. The van der Waals surface area contributed by atoms with Crippen LogP contribution in [0.25, 0.3) is 0 Å². The fraction of sp³-hybridized carbons (Fsp3) is 0.870. The third-order valence-corrected chi connectivity index (χ3v) is 9.27. The summed E-state index contributed by atoms with van der Waals surface area (Å²) in [5, 5.41) is 0. The zero-order valence-corrected chi connectivity index (χ0v) is 17.8. The molecule has 4 saturated carbocycles. The van der Waals surface area contributed by atoms with E-state index in [4.69, 9.17) is 9.47 Å². The molecule has 1 spiro atoms. The van der Waals surface area contributed by atoms with Crippen molar-refractivity contribution in [3.05, 3.63) is 0 Å². The Morgan fingerprint density at radius 3 is 2.43 bits per heavy atom. The van der Waals surface area contributed by atoms with Gasteiger partial charge in [0.25, 0.3) is 0 Å². The molecule has 4 aliphatic rings. The van der Waals surface area contributed by atoms with Crippen LogP contribution in [0, 0.1) is 33.5 Å². The molecule has 0 saturated heterocycles. The van der Waals surface area contributed by atoms with Crippen molar-refractivity contribution >= 4 is 17.7 Å². The molecule has 0 amide bonds. The Morgan fingerprint density at radius 1 is 1.00 bits per heavy atom. The third kappa shape index (κ3) is 2.68. The number of carbonyl (C=O) groups excluding carboxylic acids is 3. The summed E-state index contributed by atoms with van der Waals surface area (Å²) in [4.78, 5) is 36.8. The molecular formula is C23H34O5. The second-order valence-electron chi connectivity index (χ2n) is 10.8. The van der Waals surface area contributed by atoms with Gasteiger partial charge in [0, 0.05) is 18.8 Å². The van der Waals surface area contributed by atoms with Crippen molar-refractivity contribution in [1.82, 2.24) is 0 Å². The smallest absolute Gasteiger partial charge is 0.314 e. The van der Waals surface area contributed by atoms with Crippen molar-refractivity contribution in [2.75, 3.05) is 6.79 Å². The summed E-state index contributed by atoms with van der Waals surface area (Å²) >= 11 is 0. The zero-order valence-electron chi connectivity index (χ0n) is 17.8. The lowest BCUT2D eigenvalue weighted by molar-refractivity contribution is -0.197. The highest BCUT2D eigenvalue weighted by Gasteiger charge is 2.68. The number of rotatable bonds is 3. The molecule has 156 valence electrons. The van der Waals surface area contributed by atoms with E-state index in [1.165, 1.54) is 6.92 Å². The van der Waals surface area contributed by atoms with Crippen molar-refractivity contribution in [2.24, 2.45) is 33.5 Å². The third-order valence-electron chi connectivity index (χ3n) is 9.27. The van der Waals surface area contributed by atoms with Gasteiger partial charge in [-0.25, -0.2) is 0 Å². The Kier molecular flexibility index (Phi) is 4.48. The van der Waals surface area contributed by atoms with Gasteiger partial charge < -0.3 is 9.47 Å². The number of ketones is 1. The number of Topliss-reactive ketones (excluding diaryl/α,β-unsaturated/α-hetero) is 1. The van der Waals surface area contributed by atoms with Gasteiger partial charge in [-0.05, 0) is 74.5 Å². The van der Waals surface area contributed by atoms with Crippen LogP contribution in [0.5, 0.6) is 0 Å². The summed E-state index contributed by atoms with van der Waals surface area (Å²) in [7, 11) is 0. The summed E-state index contributed by atoms with van der Waals surface area (Å²) in [5.74, 6) is 0.566. The average molecular weight is 391 g/mol. The molecule has 0 aromatic carbocycles. The summed E-state index contributed by atoms with van der Waals surface area (Å²) in [6, 6.07) is 0. The minimum Gasteiger partial charge on any atom is -0.428 e. The van der Waals surface area contributed by atoms with Gasteiger partial charge >= 0.3 is 11.9 Å². The highest BCUT2D eigenvalue weighted by molar-refractivity contribution is 5.88. The first-order valence-electron chi connectivity index (χ1n) is 10.9. The van der Waals surface area contributed by atoms with Crippen LogP contribution < -0.4 is 0 Å². The van der Waals surface area contributed by atoms with E-state index in [2.05, 4.69) is 20.8 Å². The Bertz CT molecular complexity index is 716. The maximum atomic E-state index is 13.1. The van der Waals surface area contributed by atoms with Gasteiger partial charge in [-0.15, -0.1) is 0 Å². The van der Waals surface area contributed by atoms with Crippen LogP contribution in [0.3, 0.4) is 0 Å². The topological polar surface area (TPSA) is 69.7 Å². The molecule has 1 unspecified atom stereocenters. The second kappa shape index (κ2) is 6.30. The van der Waals surface area contributed by atoms with Crippen LogP contribution >= 0.6 is 0 Å². The number of fused-ring (bicyclic) bond motifs is 3. The van der Waals surface area contributed by atoms with Crippen LogP contribution in [-0.4, -0.2) is 24.5 Å². The molecule has 0 heterocycles. The van der Waals surface area contributed by atoms with Crippen molar-refractivity contribution in [3.8, 4) is 0 Å². The zero-order chi connectivity index (χ0) is 20.4. The van der Waals surface area contributed by atoms with E-state index in [1.54, 1.807) is 0 Å². The highest BCUT2D eigenvalue weighted by atomic mass is 16.7. The predicted molar refractivity (Wildman–Crippen MR) is 103 cm³/mol. The van der Waals surface area contributed by atoms with Crippen molar-refractivity contribution in [2.45, 2.75) is 85.5 Å². The van der Waals surface area contributed by atoms with Crippen LogP contribution in [0.2, 0.25) is 0 Å². The first-order chi connectivity index (χ1) is 13.1. The molecule has 0 radical (unpaired) electrons. The summed E-state index contributed by atoms with van der Waals surface area (Å²) in [6.07, 6.45) is 8.86. The molecule has 5 heteroatoms. The van der Waals surface area contributed by atoms with Gasteiger partial charge in [0.1, 0.15) is 5.78 Å². The Labute approximate surface area is 167 Å². The number of hydrogen-bond acceptors (Lipinski definition) is 5. The van der Waals surface area contributed by atoms with Crippen LogP contribution in [0.15, 0.2) is 0 Å². The lowest BCUT2D eigenvalue weighted by Crippen LogP contribution is -2.58. The molecule has 4 fully saturated rings. The molecule has 2 bridgehead atoms. The standard InChI is InChI=1S/C23H34O5/c1-15(24)27-14-28-19(26)22(4)9-5-8-21(3)16(22)7-11-23-12-18(25)20(2,13-23)10-6-17(21)23/h16-17H,5-14H2,1-4H3/t16-,17-,20-,21+,22+,23?/m0/s1. The maximum Gasteiger partial charge on any atom is 0.314 e. The molecule has 6 atom stereocenters. The summed E-state index contributed by atoms with van der Waals surface area (Å²) in [6.45, 7) is 7.62. The molecule has 5 nitrogen and oxygen atoms in total. The van der Waals surface area contributed by atoms with Crippen LogP contribution in [-0.2, 0) is 23.9 Å². The maximum absolute atomic E-state index is 13.1. The van der Waals surface area contributed by atoms with E-state index in [1.807, 2.05) is 0 Å². The summed E-state index contributed by atoms with van der Waals surface area (Å²) in [5.41, 5.74) is -0.439. The van der Waals surface area contributed by atoms with Gasteiger partial charge in [-0.1, -0.05) is 20.3 Å². The molecule has 0 aliphatic heterocycles. The normalized spacial score (nSPS) is 47.1.